The van der Waals surface area contributed by atoms with Crippen molar-refractivity contribution in [1.29, 1.82) is 0 Å². The van der Waals surface area contributed by atoms with Crippen LogP contribution in [0.2, 0.25) is 5.02 Å². The minimum absolute atomic E-state index is 0.0290. The maximum absolute atomic E-state index is 12.6. The molecule has 122 valence electrons. The van der Waals surface area contributed by atoms with E-state index in [9.17, 15) is 9.90 Å². The first-order valence-corrected chi connectivity index (χ1v) is 8.06. The molecule has 1 aromatic heterocycles. The van der Waals surface area contributed by atoms with Crippen molar-refractivity contribution in [2.24, 2.45) is 0 Å². The quantitative estimate of drug-likeness (QED) is 0.932. The molecule has 2 heterocycles. The molecule has 0 aliphatic carbocycles. The number of halogens is 1. The number of phenols is 1. The first kappa shape index (κ1) is 15.8. The van der Waals surface area contributed by atoms with Crippen LogP contribution < -0.4 is 0 Å². The van der Waals surface area contributed by atoms with Gasteiger partial charge in [-0.05, 0) is 31.0 Å². The summed E-state index contributed by atoms with van der Waals surface area (Å²) in [4.78, 5) is 18.8. The first-order valence-electron chi connectivity index (χ1n) is 7.68. The van der Waals surface area contributed by atoms with Gasteiger partial charge in [-0.15, -0.1) is 0 Å². The van der Waals surface area contributed by atoms with E-state index in [-0.39, 0.29) is 22.6 Å². The van der Waals surface area contributed by atoms with E-state index in [1.165, 1.54) is 12.1 Å². The Morgan fingerprint density at radius 3 is 3.04 bits per heavy atom. The molecule has 1 aliphatic rings. The Labute approximate surface area is 139 Å². The number of nitrogens with zero attached hydrogens (tertiary/aromatic N) is 3. The highest BCUT2D eigenvalue weighted by molar-refractivity contribution is 6.32. The average Bonchev–Trinajstić information content (AvgIpc) is 3.06. The zero-order valence-corrected chi connectivity index (χ0v) is 13.6. The van der Waals surface area contributed by atoms with Crippen molar-refractivity contribution in [2.45, 2.75) is 32.1 Å². The number of hydrogen-bond donors (Lipinski definition) is 1. The SMILES string of the molecule is CCc1nc(C2CCCN(C(=O)c3ccc(O)c(Cl)c3)C2)no1. The first-order chi connectivity index (χ1) is 11.1. The number of aryl methyl sites for hydroxylation is 1. The molecule has 7 heteroatoms. The number of amides is 1. The van der Waals surface area contributed by atoms with Gasteiger partial charge in [-0.2, -0.15) is 4.98 Å². The van der Waals surface area contributed by atoms with E-state index in [0.717, 1.165) is 12.8 Å². The minimum Gasteiger partial charge on any atom is -0.506 e. The standard InChI is InChI=1S/C16H18ClN3O3/c1-2-14-18-15(19-23-14)11-4-3-7-20(9-11)16(22)10-5-6-13(21)12(17)8-10/h5-6,8,11,21H,2-4,7,9H2,1H3. The van der Waals surface area contributed by atoms with Crippen LogP contribution in [0.25, 0.3) is 0 Å². The summed E-state index contributed by atoms with van der Waals surface area (Å²) in [5.74, 6) is 1.25. The molecule has 1 aliphatic heterocycles. The fourth-order valence-electron chi connectivity index (χ4n) is 2.77. The van der Waals surface area contributed by atoms with Gasteiger partial charge in [-0.1, -0.05) is 23.7 Å². The van der Waals surface area contributed by atoms with Crippen molar-refractivity contribution >= 4 is 17.5 Å². The van der Waals surface area contributed by atoms with Crippen molar-refractivity contribution in [1.82, 2.24) is 15.0 Å². The lowest BCUT2D eigenvalue weighted by Crippen LogP contribution is -2.39. The molecular formula is C16H18ClN3O3. The Bertz CT molecular complexity index is 716. The third-order valence-corrected chi connectivity index (χ3v) is 4.36. The Morgan fingerprint density at radius 1 is 1.52 bits per heavy atom. The molecule has 23 heavy (non-hydrogen) atoms. The summed E-state index contributed by atoms with van der Waals surface area (Å²) in [5.41, 5.74) is 0.468. The predicted octanol–water partition coefficient (Wildman–Crippen LogP) is 3.01. The van der Waals surface area contributed by atoms with E-state index in [4.69, 9.17) is 16.1 Å². The Hall–Kier alpha value is -2.08. The van der Waals surface area contributed by atoms with Gasteiger partial charge < -0.3 is 14.5 Å². The van der Waals surface area contributed by atoms with Crippen LogP contribution in [0.3, 0.4) is 0 Å². The van der Waals surface area contributed by atoms with Gasteiger partial charge in [0.1, 0.15) is 5.75 Å². The van der Waals surface area contributed by atoms with Gasteiger partial charge in [0.25, 0.3) is 5.91 Å². The van der Waals surface area contributed by atoms with Gasteiger partial charge in [0.05, 0.1) is 5.02 Å². The zero-order chi connectivity index (χ0) is 16.4. The number of aromatic nitrogens is 2. The number of likely N-dealkylation sites (tertiary alicyclic amines) is 1. The molecule has 2 aromatic rings. The molecule has 1 atom stereocenters. The van der Waals surface area contributed by atoms with Gasteiger partial charge >= 0.3 is 0 Å². The van der Waals surface area contributed by atoms with Gasteiger partial charge in [0, 0.05) is 31.0 Å². The van der Waals surface area contributed by atoms with Crippen molar-refractivity contribution in [2.75, 3.05) is 13.1 Å². The second-order valence-electron chi connectivity index (χ2n) is 5.66. The number of carbonyl (C=O) groups is 1. The monoisotopic (exact) mass is 335 g/mol. The smallest absolute Gasteiger partial charge is 0.253 e. The predicted molar refractivity (Wildman–Crippen MR) is 84.7 cm³/mol. The van der Waals surface area contributed by atoms with E-state index in [2.05, 4.69) is 10.1 Å². The molecule has 0 radical (unpaired) electrons. The number of rotatable bonds is 3. The molecule has 1 amide bonds. The van der Waals surface area contributed by atoms with Gasteiger partial charge in [0.2, 0.25) is 5.89 Å². The highest BCUT2D eigenvalue weighted by Gasteiger charge is 2.28. The maximum Gasteiger partial charge on any atom is 0.253 e. The number of hydrogen-bond acceptors (Lipinski definition) is 5. The van der Waals surface area contributed by atoms with Crippen molar-refractivity contribution in [3.63, 3.8) is 0 Å². The summed E-state index contributed by atoms with van der Waals surface area (Å²) in [6.07, 6.45) is 2.52. The van der Waals surface area contributed by atoms with Gasteiger partial charge in [-0.3, -0.25) is 4.79 Å². The van der Waals surface area contributed by atoms with E-state index >= 15 is 0 Å². The van der Waals surface area contributed by atoms with Crippen LogP contribution in [0.4, 0.5) is 0 Å². The third kappa shape index (κ3) is 3.32. The third-order valence-electron chi connectivity index (χ3n) is 4.05. The molecule has 0 bridgehead atoms. The van der Waals surface area contributed by atoms with Crippen molar-refractivity contribution < 1.29 is 14.4 Å². The number of aromatic hydroxyl groups is 1. The van der Waals surface area contributed by atoms with E-state index in [0.29, 0.717) is 36.8 Å². The largest absolute Gasteiger partial charge is 0.506 e. The van der Waals surface area contributed by atoms with Gasteiger partial charge in [-0.25, -0.2) is 0 Å². The van der Waals surface area contributed by atoms with E-state index in [1.54, 1.807) is 11.0 Å². The molecule has 1 unspecified atom stereocenters. The lowest BCUT2D eigenvalue weighted by Gasteiger charge is -2.31. The molecule has 1 N–H and O–H groups in total. The van der Waals surface area contributed by atoms with E-state index < -0.39 is 0 Å². The zero-order valence-electron chi connectivity index (χ0n) is 12.8. The number of benzene rings is 1. The summed E-state index contributed by atoms with van der Waals surface area (Å²) in [7, 11) is 0. The van der Waals surface area contributed by atoms with Crippen LogP contribution in [0.15, 0.2) is 22.7 Å². The lowest BCUT2D eigenvalue weighted by atomic mass is 9.96. The number of phenolic OH excluding ortho intramolecular Hbond substituents is 1. The molecule has 0 spiro atoms. The second-order valence-corrected chi connectivity index (χ2v) is 6.06. The fraction of sp³-hybridized carbons (Fsp3) is 0.438. The summed E-state index contributed by atoms with van der Waals surface area (Å²) >= 11 is 5.89. The van der Waals surface area contributed by atoms with Crippen LogP contribution in [0, 0.1) is 0 Å². The number of carbonyl (C=O) groups excluding carboxylic acids is 1. The normalized spacial score (nSPS) is 18.2. The molecule has 1 saturated heterocycles. The van der Waals surface area contributed by atoms with Crippen molar-refractivity contribution in [3.8, 4) is 5.75 Å². The summed E-state index contributed by atoms with van der Waals surface area (Å²) in [6, 6.07) is 4.51. The van der Waals surface area contributed by atoms with Crippen LogP contribution in [0.1, 0.15) is 47.8 Å². The number of piperidine rings is 1. The highest BCUT2D eigenvalue weighted by atomic mass is 35.5. The Morgan fingerprint density at radius 2 is 2.35 bits per heavy atom. The lowest BCUT2D eigenvalue weighted by molar-refractivity contribution is 0.0703. The van der Waals surface area contributed by atoms with E-state index in [1.807, 2.05) is 6.92 Å². The second kappa shape index (κ2) is 6.58. The molecule has 0 saturated carbocycles. The fourth-order valence-corrected chi connectivity index (χ4v) is 2.95. The van der Waals surface area contributed by atoms with Crippen LogP contribution in [-0.4, -0.2) is 39.1 Å². The Kier molecular flexibility index (Phi) is 4.52. The Balaban J connectivity index is 1.74. The topological polar surface area (TPSA) is 79.5 Å². The maximum atomic E-state index is 12.6. The van der Waals surface area contributed by atoms with Crippen molar-refractivity contribution in [3.05, 3.63) is 40.5 Å². The van der Waals surface area contributed by atoms with Crippen LogP contribution in [0.5, 0.6) is 5.75 Å². The highest BCUT2D eigenvalue weighted by Crippen LogP contribution is 2.28. The molecule has 1 aromatic carbocycles. The molecule has 6 nitrogen and oxygen atoms in total. The molecular weight excluding hydrogens is 318 g/mol. The summed E-state index contributed by atoms with van der Waals surface area (Å²) in [6.45, 7) is 3.20. The summed E-state index contributed by atoms with van der Waals surface area (Å²) in [5, 5.41) is 13.7. The van der Waals surface area contributed by atoms with Gasteiger partial charge in [0.15, 0.2) is 5.82 Å². The summed E-state index contributed by atoms with van der Waals surface area (Å²) < 4.78 is 5.17. The van der Waals surface area contributed by atoms with Crippen LogP contribution in [-0.2, 0) is 6.42 Å². The molecule has 1 fully saturated rings. The minimum atomic E-state index is -0.101. The average molecular weight is 336 g/mol. The van der Waals surface area contributed by atoms with Crippen LogP contribution >= 0.6 is 11.6 Å². The molecule has 3 rings (SSSR count).